The number of carbonyl (C=O) groups excluding carboxylic acids is 1. The van der Waals surface area contributed by atoms with Crippen molar-refractivity contribution in [3.63, 3.8) is 0 Å². The van der Waals surface area contributed by atoms with Gasteiger partial charge in [-0.25, -0.2) is 0 Å². The van der Waals surface area contributed by atoms with Gasteiger partial charge in [0.15, 0.2) is 0 Å². The smallest absolute Gasteiger partial charge is 0.338 e. The second kappa shape index (κ2) is 5.85. The van der Waals surface area contributed by atoms with Crippen LogP contribution in [0.1, 0.15) is 31.2 Å². The zero-order valence-corrected chi connectivity index (χ0v) is 11.4. The van der Waals surface area contributed by atoms with E-state index in [0.717, 1.165) is 24.8 Å². The minimum atomic E-state index is -4.44. The minimum absolute atomic E-state index is 0.196. The third kappa shape index (κ3) is 3.98. The van der Waals surface area contributed by atoms with E-state index in [2.05, 4.69) is 5.10 Å². The van der Waals surface area contributed by atoms with Gasteiger partial charge in [0.2, 0.25) is 5.91 Å². The van der Waals surface area contributed by atoms with E-state index in [4.69, 9.17) is 0 Å². The van der Waals surface area contributed by atoms with Crippen LogP contribution in [-0.4, -0.2) is 39.4 Å². The summed E-state index contributed by atoms with van der Waals surface area (Å²) in [7, 11) is 0. The molecular formula is C13H18F3N3O. The maximum atomic E-state index is 12.4. The normalized spacial score (nSPS) is 20.2. The van der Waals surface area contributed by atoms with E-state index in [0.29, 0.717) is 13.1 Å². The van der Waals surface area contributed by atoms with Crippen LogP contribution in [0, 0.1) is 6.92 Å². The fourth-order valence-corrected chi connectivity index (χ4v) is 2.57. The summed E-state index contributed by atoms with van der Waals surface area (Å²) < 4.78 is 38.8. The largest absolute Gasteiger partial charge is 0.397 e. The number of hydrogen-bond donors (Lipinski definition) is 0. The lowest BCUT2D eigenvalue weighted by atomic mass is 10.0. The van der Waals surface area contributed by atoms with Gasteiger partial charge in [-0.2, -0.15) is 18.3 Å². The van der Waals surface area contributed by atoms with Crippen LogP contribution in [0.5, 0.6) is 0 Å². The van der Waals surface area contributed by atoms with E-state index in [1.54, 1.807) is 10.9 Å². The Morgan fingerprint density at radius 3 is 2.80 bits per heavy atom. The average Bonchev–Trinajstić information content (AvgIpc) is 2.73. The number of hydrogen-bond acceptors (Lipinski definition) is 2. The molecule has 0 unspecified atom stereocenters. The van der Waals surface area contributed by atoms with Crippen molar-refractivity contribution in [2.24, 2.45) is 0 Å². The first-order valence-corrected chi connectivity index (χ1v) is 6.70. The molecule has 20 heavy (non-hydrogen) atoms. The third-order valence-corrected chi connectivity index (χ3v) is 3.46. The fourth-order valence-electron chi connectivity index (χ4n) is 2.57. The Bertz CT molecular complexity index is 470. The molecule has 1 aromatic heterocycles. The van der Waals surface area contributed by atoms with Crippen molar-refractivity contribution in [3.05, 3.63) is 18.0 Å². The van der Waals surface area contributed by atoms with Gasteiger partial charge in [0.05, 0.1) is 18.8 Å². The molecule has 0 radical (unpaired) electrons. The first-order valence-electron chi connectivity index (χ1n) is 6.70. The first-order chi connectivity index (χ1) is 9.35. The number of halogens is 3. The summed E-state index contributed by atoms with van der Waals surface area (Å²) >= 11 is 0. The maximum absolute atomic E-state index is 12.4. The quantitative estimate of drug-likeness (QED) is 0.857. The molecule has 1 aliphatic heterocycles. The molecule has 1 aliphatic rings. The van der Waals surface area contributed by atoms with Gasteiger partial charge in [0.1, 0.15) is 6.42 Å². The molecule has 0 N–H and O–H groups in total. The number of aromatic nitrogens is 2. The molecule has 1 atom stereocenters. The molecular weight excluding hydrogens is 271 g/mol. The summed E-state index contributed by atoms with van der Waals surface area (Å²) in [6.07, 6.45) is 0.135. The highest BCUT2D eigenvalue weighted by molar-refractivity contribution is 5.77. The third-order valence-electron chi connectivity index (χ3n) is 3.46. The molecule has 0 aromatic carbocycles. The number of likely N-dealkylation sites (tertiary alicyclic amines) is 1. The fraction of sp³-hybridized carbons (Fsp3) is 0.692. The van der Waals surface area contributed by atoms with Gasteiger partial charge in [0, 0.05) is 12.7 Å². The molecule has 1 saturated heterocycles. The van der Waals surface area contributed by atoms with Gasteiger partial charge in [-0.15, -0.1) is 0 Å². The van der Waals surface area contributed by atoms with Crippen LogP contribution in [0.3, 0.4) is 0 Å². The van der Waals surface area contributed by atoms with Gasteiger partial charge in [-0.3, -0.25) is 9.48 Å². The molecule has 4 nitrogen and oxygen atoms in total. The van der Waals surface area contributed by atoms with E-state index in [1.165, 1.54) is 4.90 Å². The maximum Gasteiger partial charge on any atom is 0.397 e. The molecule has 1 aromatic rings. The van der Waals surface area contributed by atoms with E-state index in [1.807, 2.05) is 13.1 Å². The van der Waals surface area contributed by atoms with Crippen LogP contribution in [0.15, 0.2) is 12.4 Å². The highest BCUT2D eigenvalue weighted by Gasteiger charge is 2.36. The molecule has 0 bridgehead atoms. The number of alkyl halides is 3. The van der Waals surface area contributed by atoms with Gasteiger partial charge in [-0.05, 0) is 31.7 Å². The SMILES string of the molecule is Cc1cnn(C[C@H]2CCCCN2C(=O)CC(F)(F)F)c1. The lowest BCUT2D eigenvalue weighted by Crippen LogP contribution is -2.47. The van der Waals surface area contributed by atoms with Crippen LogP contribution in [0.2, 0.25) is 0 Å². The highest BCUT2D eigenvalue weighted by atomic mass is 19.4. The number of amides is 1. The number of rotatable bonds is 3. The van der Waals surface area contributed by atoms with E-state index in [9.17, 15) is 18.0 Å². The Morgan fingerprint density at radius 2 is 2.20 bits per heavy atom. The Morgan fingerprint density at radius 1 is 1.45 bits per heavy atom. The predicted molar refractivity (Wildman–Crippen MR) is 67.0 cm³/mol. The topological polar surface area (TPSA) is 38.1 Å². The lowest BCUT2D eigenvalue weighted by Gasteiger charge is -2.36. The summed E-state index contributed by atoms with van der Waals surface area (Å²) in [5.74, 6) is -0.828. The summed E-state index contributed by atoms with van der Waals surface area (Å²) in [5, 5.41) is 4.13. The Kier molecular flexibility index (Phi) is 4.35. The van der Waals surface area contributed by atoms with Crippen LogP contribution in [-0.2, 0) is 11.3 Å². The second-order valence-electron chi connectivity index (χ2n) is 5.27. The number of carbonyl (C=O) groups is 1. The molecule has 0 spiro atoms. The monoisotopic (exact) mass is 289 g/mol. The number of nitrogens with zero attached hydrogens (tertiary/aromatic N) is 3. The van der Waals surface area contributed by atoms with Gasteiger partial charge >= 0.3 is 6.18 Å². The van der Waals surface area contributed by atoms with Gasteiger partial charge in [0.25, 0.3) is 0 Å². The number of piperidine rings is 1. The van der Waals surface area contributed by atoms with Crippen molar-refractivity contribution in [1.82, 2.24) is 14.7 Å². The van der Waals surface area contributed by atoms with Crippen molar-refractivity contribution < 1.29 is 18.0 Å². The Labute approximate surface area is 115 Å². The van der Waals surface area contributed by atoms with Crippen LogP contribution >= 0.6 is 0 Å². The Hall–Kier alpha value is -1.53. The van der Waals surface area contributed by atoms with Gasteiger partial charge in [-0.1, -0.05) is 0 Å². The molecule has 1 amide bonds. The van der Waals surface area contributed by atoms with Gasteiger partial charge < -0.3 is 4.90 Å². The van der Waals surface area contributed by atoms with Crippen molar-refractivity contribution in [3.8, 4) is 0 Å². The highest BCUT2D eigenvalue weighted by Crippen LogP contribution is 2.25. The summed E-state index contributed by atoms with van der Waals surface area (Å²) in [6, 6.07) is -0.196. The van der Waals surface area contributed by atoms with Crippen molar-refractivity contribution in [2.75, 3.05) is 6.54 Å². The minimum Gasteiger partial charge on any atom is -0.338 e. The summed E-state index contributed by atoms with van der Waals surface area (Å²) in [6.45, 7) is 2.76. The predicted octanol–water partition coefficient (Wildman–Crippen LogP) is 2.53. The van der Waals surface area contributed by atoms with E-state index < -0.39 is 18.5 Å². The van der Waals surface area contributed by atoms with Crippen LogP contribution in [0.4, 0.5) is 13.2 Å². The van der Waals surface area contributed by atoms with Crippen LogP contribution < -0.4 is 0 Å². The van der Waals surface area contributed by atoms with Crippen molar-refractivity contribution in [1.29, 1.82) is 0 Å². The standard InChI is InChI=1S/C13H18F3N3O/c1-10-7-17-18(8-10)9-11-4-2-3-5-19(11)12(20)6-13(14,15)16/h7-8,11H,2-6,9H2,1H3/t11-/m1/s1. The second-order valence-corrected chi connectivity index (χ2v) is 5.27. The first kappa shape index (κ1) is 14.9. The zero-order valence-electron chi connectivity index (χ0n) is 11.4. The van der Waals surface area contributed by atoms with Crippen molar-refractivity contribution in [2.45, 2.75) is 51.4 Å². The van der Waals surface area contributed by atoms with Crippen LogP contribution in [0.25, 0.3) is 0 Å². The lowest BCUT2D eigenvalue weighted by molar-refractivity contribution is -0.164. The Balaban J connectivity index is 2.03. The molecule has 112 valence electrons. The van der Waals surface area contributed by atoms with Crippen molar-refractivity contribution >= 4 is 5.91 Å². The molecule has 2 rings (SSSR count). The molecule has 1 fully saturated rings. The molecule has 2 heterocycles. The summed E-state index contributed by atoms with van der Waals surface area (Å²) in [5.41, 5.74) is 0.994. The molecule has 0 aliphatic carbocycles. The van der Waals surface area contributed by atoms with E-state index in [-0.39, 0.29) is 6.04 Å². The van der Waals surface area contributed by atoms with E-state index >= 15 is 0 Å². The zero-order chi connectivity index (χ0) is 14.8. The summed E-state index contributed by atoms with van der Waals surface area (Å²) in [4.78, 5) is 13.2. The molecule has 7 heteroatoms. The molecule has 0 saturated carbocycles. The average molecular weight is 289 g/mol. The number of aryl methyl sites for hydroxylation is 1.